The van der Waals surface area contributed by atoms with E-state index in [0.29, 0.717) is 24.8 Å². The van der Waals surface area contributed by atoms with Crippen LogP contribution in [0.15, 0.2) is 23.4 Å². The molecule has 0 unspecified atom stereocenters. The van der Waals surface area contributed by atoms with E-state index >= 15 is 0 Å². The number of carbonyl (C=O) groups is 1. The molecule has 1 aromatic heterocycles. The Morgan fingerprint density at radius 2 is 2.30 bits per heavy atom. The van der Waals surface area contributed by atoms with Crippen LogP contribution in [0.4, 0.5) is 0 Å². The van der Waals surface area contributed by atoms with Crippen molar-refractivity contribution in [2.75, 3.05) is 13.1 Å². The first-order chi connectivity index (χ1) is 9.47. The lowest BCUT2D eigenvalue weighted by Gasteiger charge is -2.18. The smallest absolute Gasteiger partial charge is 0.281 e. The Bertz CT molecular complexity index is 560. The zero-order valence-corrected chi connectivity index (χ0v) is 11.4. The second-order valence-corrected chi connectivity index (χ2v) is 4.61. The summed E-state index contributed by atoms with van der Waals surface area (Å²) in [5.74, 6) is -0.222. The highest BCUT2D eigenvalue weighted by Crippen LogP contribution is 2.14. The van der Waals surface area contributed by atoms with Crippen molar-refractivity contribution in [2.24, 2.45) is 5.10 Å². The Labute approximate surface area is 119 Å². The van der Waals surface area contributed by atoms with Crippen LogP contribution in [0.1, 0.15) is 12.5 Å². The minimum atomic E-state index is -0.802. The molecule has 0 bridgehead atoms. The molecular weight excluding hydrogens is 286 g/mol. The van der Waals surface area contributed by atoms with Gasteiger partial charge in [-0.25, -0.2) is 15.1 Å². The number of aromatic nitrogens is 1. The second-order valence-electron chi connectivity index (χ2n) is 4.22. The zero-order chi connectivity index (χ0) is 14.7. The number of hydrogen-bond acceptors (Lipinski definition) is 4. The van der Waals surface area contributed by atoms with Crippen molar-refractivity contribution in [2.45, 2.75) is 13.5 Å². The van der Waals surface area contributed by atoms with E-state index in [1.54, 1.807) is 23.2 Å². The van der Waals surface area contributed by atoms with Crippen LogP contribution in [0.25, 0.3) is 0 Å². The number of guanidine groups is 1. The largest absolute Gasteiger partial charge is 0.331 e. The van der Waals surface area contributed by atoms with Crippen molar-refractivity contribution >= 4 is 23.5 Å². The van der Waals surface area contributed by atoms with Gasteiger partial charge in [0, 0.05) is 32.8 Å². The lowest BCUT2D eigenvalue weighted by molar-refractivity contribution is -0.486. The van der Waals surface area contributed by atoms with Gasteiger partial charge in [-0.3, -0.25) is 9.69 Å². The summed E-state index contributed by atoms with van der Waals surface area (Å²) in [5, 5.41) is 13.5. The van der Waals surface area contributed by atoms with E-state index in [4.69, 9.17) is 11.6 Å². The van der Waals surface area contributed by atoms with E-state index in [0.717, 1.165) is 5.56 Å². The third-order valence-corrected chi connectivity index (χ3v) is 3.05. The fraction of sp³-hybridized carbons (Fsp3) is 0.364. The van der Waals surface area contributed by atoms with E-state index in [2.05, 4.69) is 10.1 Å². The van der Waals surface area contributed by atoms with Crippen molar-refractivity contribution in [3.8, 4) is 0 Å². The fourth-order valence-electron chi connectivity index (χ4n) is 1.95. The van der Waals surface area contributed by atoms with Gasteiger partial charge in [0.25, 0.3) is 5.96 Å². The van der Waals surface area contributed by atoms with Gasteiger partial charge in [-0.15, -0.1) is 0 Å². The Balaban J connectivity index is 2.20. The molecule has 20 heavy (non-hydrogen) atoms. The van der Waals surface area contributed by atoms with Gasteiger partial charge in [0.1, 0.15) is 10.3 Å². The number of carbonyl (C=O) groups excluding carboxylic acids is 1. The predicted octanol–water partition coefficient (Wildman–Crippen LogP) is 0.947. The Morgan fingerprint density at radius 1 is 1.55 bits per heavy atom. The number of hydrogen-bond donors (Lipinski definition) is 0. The Hall–Kier alpha value is -2.22. The van der Waals surface area contributed by atoms with Crippen LogP contribution in [-0.2, 0) is 11.3 Å². The maximum Gasteiger partial charge on any atom is 0.281 e. The Kier molecular flexibility index (Phi) is 4.14. The van der Waals surface area contributed by atoms with Crippen LogP contribution in [-0.4, -0.2) is 44.8 Å². The molecule has 2 rings (SSSR count). The van der Waals surface area contributed by atoms with Crippen LogP contribution >= 0.6 is 11.6 Å². The maximum absolute atomic E-state index is 11.4. The summed E-state index contributed by atoms with van der Waals surface area (Å²) < 4.78 is 0. The minimum absolute atomic E-state index is 0.0532. The monoisotopic (exact) mass is 297 g/mol. The summed E-state index contributed by atoms with van der Waals surface area (Å²) in [4.78, 5) is 28.9. The first-order valence-electron chi connectivity index (χ1n) is 5.84. The van der Waals surface area contributed by atoms with Crippen LogP contribution in [0.3, 0.4) is 0 Å². The normalized spacial score (nSPS) is 16.8. The maximum atomic E-state index is 11.4. The molecule has 0 aliphatic carbocycles. The number of rotatable bonds is 3. The molecule has 106 valence electrons. The average Bonchev–Trinajstić information content (AvgIpc) is 2.75. The highest BCUT2D eigenvalue weighted by molar-refractivity contribution is 6.29. The van der Waals surface area contributed by atoms with Crippen LogP contribution < -0.4 is 0 Å². The molecule has 8 nitrogen and oxygen atoms in total. The molecule has 0 N–H and O–H groups in total. The van der Waals surface area contributed by atoms with E-state index in [1.165, 1.54) is 11.8 Å². The highest BCUT2D eigenvalue weighted by Gasteiger charge is 2.32. The first-order valence-corrected chi connectivity index (χ1v) is 6.21. The van der Waals surface area contributed by atoms with Crippen LogP contribution in [0, 0.1) is 10.1 Å². The lowest BCUT2D eigenvalue weighted by Crippen LogP contribution is -2.36. The molecule has 0 spiro atoms. The lowest BCUT2D eigenvalue weighted by atomic mass is 10.3. The molecular formula is C11H12ClN5O3. The summed E-state index contributed by atoms with van der Waals surface area (Å²) in [6.45, 7) is 2.58. The third kappa shape index (κ3) is 3.21. The number of nitro groups is 1. The summed E-state index contributed by atoms with van der Waals surface area (Å²) >= 11 is 5.70. The highest BCUT2D eigenvalue weighted by atomic mass is 35.5. The molecule has 1 aromatic rings. The van der Waals surface area contributed by atoms with Gasteiger partial charge < -0.3 is 4.90 Å². The first kappa shape index (κ1) is 14.2. The fourth-order valence-corrected chi connectivity index (χ4v) is 2.06. The number of nitrogens with zero attached hydrogens (tertiary/aromatic N) is 5. The van der Waals surface area contributed by atoms with E-state index in [9.17, 15) is 14.9 Å². The van der Waals surface area contributed by atoms with Gasteiger partial charge in [-0.2, -0.15) is 0 Å². The zero-order valence-electron chi connectivity index (χ0n) is 10.7. The van der Waals surface area contributed by atoms with Gasteiger partial charge >= 0.3 is 0 Å². The molecule has 1 amide bonds. The van der Waals surface area contributed by atoms with Crippen molar-refractivity contribution in [1.29, 1.82) is 0 Å². The molecule has 0 atom stereocenters. The molecule has 0 radical (unpaired) electrons. The van der Waals surface area contributed by atoms with Gasteiger partial charge in [0.05, 0.1) is 0 Å². The SMILES string of the molecule is CC(=O)N1CCN(Cc2ccc(Cl)nc2)/C1=N\[N+](=O)[O-]. The molecule has 0 aromatic carbocycles. The second kappa shape index (κ2) is 5.83. The van der Waals surface area contributed by atoms with Crippen LogP contribution in [0.2, 0.25) is 5.15 Å². The van der Waals surface area contributed by atoms with Gasteiger partial charge in [0.2, 0.25) is 5.91 Å². The third-order valence-electron chi connectivity index (χ3n) is 2.83. The molecule has 0 saturated carbocycles. The molecule has 9 heteroatoms. The van der Waals surface area contributed by atoms with Crippen molar-refractivity contribution in [1.82, 2.24) is 14.8 Å². The van der Waals surface area contributed by atoms with Gasteiger partial charge in [-0.05, 0) is 11.6 Å². The van der Waals surface area contributed by atoms with Crippen molar-refractivity contribution < 1.29 is 9.83 Å². The summed E-state index contributed by atoms with van der Waals surface area (Å²) in [5.41, 5.74) is 0.829. The standard InChI is InChI=1S/C11H12ClN5O3/c1-8(18)16-5-4-15(11(16)14-17(19)20)7-9-2-3-10(12)13-6-9/h2-3,6H,4-5,7H2,1H3/b14-11+. The molecule has 1 saturated heterocycles. The quantitative estimate of drug-likeness (QED) is 0.470. The molecule has 1 aliphatic heterocycles. The van der Waals surface area contributed by atoms with Crippen LogP contribution in [0.5, 0.6) is 0 Å². The number of hydrazone groups is 1. The van der Waals surface area contributed by atoms with Crippen molar-refractivity contribution in [3.63, 3.8) is 0 Å². The number of halogens is 1. The minimum Gasteiger partial charge on any atom is -0.331 e. The average molecular weight is 298 g/mol. The predicted molar refractivity (Wildman–Crippen MR) is 71.5 cm³/mol. The Morgan fingerprint density at radius 3 is 2.85 bits per heavy atom. The summed E-state index contributed by atoms with van der Waals surface area (Å²) in [6.07, 6.45) is 1.59. The van der Waals surface area contributed by atoms with E-state index < -0.39 is 5.03 Å². The van der Waals surface area contributed by atoms with Crippen molar-refractivity contribution in [3.05, 3.63) is 39.2 Å². The molecule has 1 aliphatic rings. The van der Waals surface area contributed by atoms with E-state index in [-0.39, 0.29) is 11.9 Å². The molecule has 1 fully saturated rings. The number of pyridine rings is 1. The number of amides is 1. The van der Waals surface area contributed by atoms with E-state index in [1.807, 2.05) is 0 Å². The summed E-state index contributed by atoms with van der Waals surface area (Å²) in [7, 11) is 0. The molecule has 2 heterocycles. The van der Waals surface area contributed by atoms with Gasteiger partial charge in [0.15, 0.2) is 5.03 Å². The van der Waals surface area contributed by atoms with Gasteiger partial charge in [-0.1, -0.05) is 17.7 Å². The topological polar surface area (TPSA) is 91.9 Å². The summed E-state index contributed by atoms with van der Waals surface area (Å²) in [6, 6.07) is 3.41.